The zero-order chi connectivity index (χ0) is 20.0. The van der Waals surface area contributed by atoms with Crippen molar-refractivity contribution in [1.82, 2.24) is 5.32 Å². The van der Waals surface area contributed by atoms with E-state index >= 15 is 0 Å². The highest BCUT2D eigenvalue weighted by atomic mass is 16.7. The molecule has 1 aliphatic carbocycles. The Morgan fingerprint density at radius 1 is 1.19 bits per heavy atom. The topological polar surface area (TPSA) is 56.8 Å². The Balaban J connectivity index is 1.85. The molecule has 0 unspecified atom stereocenters. The fraction of sp³-hybridized carbons (Fsp3) is 0.667. The molecule has 1 heterocycles. The maximum absolute atomic E-state index is 12.3. The monoisotopic (exact) mass is 373 g/mol. The van der Waals surface area contributed by atoms with E-state index in [0.717, 1.165) is 30.3 Å². The molecule has 2 aliphatic rings. The second-order valence-corrected chi connectivity index (χ2v) is 9.59. The minimum Gasteiger partial charge on any atom is -0.444 e. The second-order valence-electron chi connectivity index (χ2n) is 9.59. The summed E-state index contributed by atoms with van der Waals surface area (Å²) in [5.41, 5.74) is 2.18. The molecule has 0 aromatic heterocycles. The number of alkyl carbamates (subject to hydrolysis) is 1. The van der Waals surface area contributed by atoms with E-state index in [9.17, 15) is 4.79 Å². The van der Waals surface area contributed by atoms with Crippen molar-refractivity contribution in [2.24, 2.45) is 0 Å². The summed E-state index contributed by atoms with van der Waals surface area (Å²) >= 11 is 0. The summed E-state index contributed by atoms with van der Waals surface area (Å²) in [6.07, 6.45) is 2.49. The highest BCUT2D eigenvalue weighted by molar-refractivity contribution is 6.62. The summed E-state index contributed by atoms with van der Waals surface area (Å²) in [4.78, 5) is 12.3. The van der Waals surface area contributed by atoms with Crippen LogP contribution in [0.5, 0.6) is 0 Å². The van der Waals surface area contributed by atoms with Crippen LogP contribution in [0.15, 0.2) is 18.2 Å². The van der Waals surface area contributed by atoms with Crippen LogP contribution >= 0.6 is 0 Å². The van der Waals surface area contributed by atoms with Crippen LogP contribution in [0.1, 0.15) is 78.5 Å². The Morgan fingerprint density at radius 2 is 1.81 bits per heavy atom. The predicted molar refractivity (Wildman–Crippen MR) is 107 cm³/mol. The summed E-state index contributed by atoms with van der Waals surface area (Å²) in [6.45, 7) is 13.9. The molecule has 1 amide bonds. The number of nitrogens with one attached hydrogen (secondary N) is 1. The largest absolute Gasteiger partial charge is 0.495 e. The molecule has 148 valence electrons. The van der Waals surface area contributed by atoms with Crippen molar-refractivity contribution in [3.8, 4) is 0 Å². The molecular weight excluding hydrogens is 341 g/mol. The Bertz CT molecular complexity index is 707. The van der Waals surface area contributed by atoms with Gasteiger partial charge in [0.15, 0.2) is 0 Å². The lowest BCUT2D eigenvalue weighted by Crippen LogP contribution is -2.41. The van der Waals surface area contributed by atoms with E-state index in [1.54, 1.807) is 0 Å². The molecule has 5 nitrogen and oxygen atoms in total. The Labute approximate surface area is 163 Å². The van der Waals surface area contributed by atoms with E-state index < -0.39 is 5.60 Å². The molecule has 3 rings (SSSR count). The van der Waals surface area contributed by atoms with E-state index in [-0.39, 0.29) is 30.5 Å². The maximum Gasteiger partial charge on any atom is 0.495 e. The molecule has 6 heteroatoms. The molecule has 0 bridgehead atoms. The first-order chi connectivity index (χ1) is 12.4. The summed E-state index contributed by atoms with van der Waals surface area (Å²) in [7, 11) is -0.384. The van der Waals surface area contributed by atoms with E-state index in [4.69, 9.17) is 14.0 Å². The molecule has 0 spiro atoms. The minimum absolute atomic E-state index is 0.0500. The highest BCUT2D eigenvalue weighted by Crippen LogP contribution is 2.38. The summed E-state index contributed by atoms with van der Waals surface area (Å²) in [5, 5.41) is 3.04. The van der Waals surface area contributed by atoms with Gasteiger partial charge in [-0.05, 0) is 84.3 Å². The number of benzene rings is 1. The molecule has 1 aromatic carbocycles. The first kappa shape index (κ1) is 20.2. The van der Waals surface area contributed by atoms with Crippen molar-refractivity contribution < 1.29 is 18.8 Å². The zero-order valence-electron chi connectivity index (χ0n) is 17.6. The molecular formula is C21H32BNO4. The van der Waals surface area contributed by atoms with Crippen LogP contribution in [-0.4, -0.2) is 30.0 Å². The fourth-order valence-corrected chi connectivity index (χ4v) is 3.67. The van der Waals surface area contributed by atoms with Gasteiger partial charge in [-0.25, -0.2) is 4.79 Å². The van der Waals surface area contributed by atoms with Crippen molar-refractivity contribution in [3.05, 3.63) is 29.3 Å². The first-order valence-corrected chi connectivity index (χ1v) is 9.86. The SMILES string of the molecule is CC(C)(C)OC(=O)N[C@H]1CCCc2c(B3OC(C)(C)C(C)(C)O3)cccc21. The van der Waals surface area contributed by atoms with Crippen molar-refractivity contribution in [2.45, 2.75) is 90.6 Å². The number of hydrogen-bond acceptors (Lipinski definition) is 4. The van der Waals surface area contributed by atoms with Gasteiger partial charge in [-0.2, -0.15) is 0 Å². The third kappa shape index (κ3) is 4.17. The predicted octanol–water partition coefficient (Wildman–Crippen LogP) is 3.89. The molecule has 1 fully saturated rings. The number of carbonyl (C=O) groups excluding carboxylic acids is 1. The zero-order valence-corrected chi connectivity index (χ0v) is 17.6. The van der Waals surface area contributed by atoms with Gasteiger partial charge in [-0.15, -0.1) is 0 Å². The van der Waals surface area contributed by atoms with Crippen molar-refractivity contribution in [1.29, 1.82) is 0 Å². The van der Waals surface area contributed by atoms with Gasteiger partial charge in [-0.1, -0.05) is 18.2 Å². The number of ether oxygens (including phenoxy) is 1. The average molecular weight is 373 g/mol. The van der Waals surface area contributed by atoms with Gasteiger partial charge in [-0.3, -0.25) is 0 Å². The van der Waals surface area contributed by atoms with Gasteiger partial charge >= 0.3 is 13.2 Å². The molecule has 0 saturated carbocycles. The molecule has 1 aromatic rings. The number of carbonyl (C=O) groups is 1. The minimum atomic E-state index is -0.508. The van der Waals surface area contributed by atoms with Crippen LogP contribution in [0.2, 0.25) is 0 Å². The van der Waals surface area contributed by atoms with Crippen LogP contribution < -0.4 is 10.8 Å². The van der Waals surface area contributed by atoms with Gasteiger partial charge in [0.1, 0.15) is 5.60 Å². The van der Waals surface area contributed by atoms with Gasteiger partial charge in [0.05, 0.1) is 17.2 Å². The lowest BCUT2D eigenvalue weighted by molar-refractivity contribution is 0.00578. The number of amides is 1. The molecule has 0 radical (unpaired) electrons. The van der Waals surface area contributed by atoms with Crippen molar-refractivity contribution in [2.75, 3.05) is 0 Å². The highest BCUT2D eigenvalue weighted by Gasteiger charge is 2.52. The molecule has 1 atom stereocenters. The van der Waals surface area contributed by atoms with Gasteiger partial charge in [0.25, 0.3) is 0 Å². The summed E-state index contributed by atoms with van der Waals surface area (Å²) in [6, 6.07) is 6.14. The quantitative estimate of drug-likeness (QED) is 0.800. The maximum atomic E-state index is 12.3. The van der Waals surface area contributed by atoms with Crippen LogP contribution in [0.3, 0.4) is 0 Å². The Kier molecular flexibility index (Phi) is 5.11. The van der Waals surface area contributed by atoms with E-state index in [1.807, 2.05) is 26.8 Å². The van der Waals surface area contributed by atoms with Gasteiger partial charge in [0.2, 0.25) is 0 Å². The molecule has 1 N–H and O–H groups in total. The van der Waals surface area contributed by atoms with Crippen LogP contribution in [0, 0.1) is 0 Å². The van der Waals surface area contributed by atoms with Crippen LogP contribution in [-0.2, 0) is 20.5 Å². The number of hydrogen-bond donors (Lipinski definition) is 1. The normalized spacial score (nSPS) is 23.7. The van der Waals surface area contributed by atoms with Crippen LogP contribution in [0.25, 0.3) is 0 Å². The molecule has 1 aliphatic heterocycles. The van der Waals surface area contributed by atoms with E-state index in [0.29, 0.717) is 0 Å². The standard InChI is InChI=1S/C21H32BNO4/c1-19(2,3)25-18(24)23-17-13-9-10-14-15(17)11-8-12-16(14)22-26-20(4,5)21(6,7)27-22/h8,11-12,17H,9-10,13H2,1-7H3,(H,23,24)/t17-/m0/s1. The number of fused-ring (bicyclic) bond motifs is 1. The van der Waals surface area contributed by atoms with Crippen molar-refractivity contribution in [3.63, 3.8) is 0 Å². The second kappa shape index (κ2) is 6.82. The lowest BCUT2D eigenvalue weighted by atomic mass is 9.71. The van der Waals surface area contributed by atoms with Gasteiger partial charge < -0.3 is 19.4 Å². The third-order valence-corrected chi connectivity index (χ3v) is 5.74. The summed E-state index contributed by atoms with van der Waals surface area (Å²) < 4.78 is 18.0. The van der Waals surface area contributed by atoms with Crippen LogP contribution in [0.4, 0.5) is 4.79 Å². The first-order valence-electron chi connectivity index (χ1n) is 9.86. The third-order valence-electron chi connectivity index (χ3n) is 5.74. The smallest absolute Gasteiger partial charge is 0.444 e. The number of rotatable bonds is 2. The van der Waals surface area contributed by atoms with Gasteiger partial charge in [0, 0.05) is 0 Å². The summed E-state index contributed by atoms with van der Waals surface area (Å²) in [5.74, 6) is 0. The average Bonchev–Trinajstić information content (AvgIpc) is 2.73. The fourth-order valence-electron chi connectivity index (χ4n) is 3.67. The lowest BCUT2D eigenvalue weighted by Gasteiger charge is -2.32. The van der Waals surface area contributed by atoms with E-state index in [1.165, 1.54) is 5.56 Å². The molecule has 27 heavy (non-hydrogen) atoms. The Hall–Kier alpha value is -1.53. The van der Waals surface area contributed by atoms with Crippen molar-refractivity contribution >= 4 is 18.7 Å². The Morgan fingerprint density at radius 3 is 2.41 bits per heavy atom. The molecule has 1 saturated heterocycles. The van der Waals surface area contributed by atoms with E-state index in [2.05, 4.69) is 45.1 Å².